The molecule has 6 heteroatoms. The van der Waals surface area contributed by atoms with E-state index in [0.717, 1.165) is 5.56 Å². The van der Waals surface area contributed by atoms with Gasteiger partial charge in [0, 0.05) is 33.8 Å². The summed E-state index contributed by atoms with van der Waals surface area (Å²) >= 11 is 0. The van der Waals surface area contributed by atoms with Gasteiger partial charge in [-0.15, -0.1) is 11.2 Å². The fourth-order valence-electron chi connectivity index (χ4n) is 3.47. The van der Waals surface area contributed by atoms with Crippen molar-refractivity contribution in [1.82, 2.24) is 9.34 Å². The zero-order valence-electron chi connectivity index (χ0n) is 20.2. The number of hydrogen-bond donors (Lipinski definition) is 0. The van der Waals surface area contributed by atoms with E-state index in [0.29, 0.717) is 29.6 Å². The van der Waals surface area contributed by atoms with Crippen molar-refractivity contribution in [2.45, 2.75) is 79.6 Å². The van der Waals surface area contributed by atoms with E-state index < -0.39 is 8.22 Å². The first-order valence-corrected chi connectivity index (χ1v) is 11.9. The van der Waals surface area contributed by atoms with Crippen LogP contribution in [0.25, 0.3) is 5.41 Å². The molecular formula is C25H39N3OPZr. The van der Waals surface area contributed by atoms with Crippen LogP contribution < -0.4 is 5.11 Å². The molecule has 0 bridgehead atoms. The molecule has 169 valence electrons. The third-order valence-corrected chi connectivity index (χ3v) is 7.78. The second-order valence-corrected chi connectivity index (χ2v) is 10.3. The SMILES string of the molecule is CC(C)N(C(C)C)P(C(=[N-])c1[c]cccc1)N(C(C)C)C(C)C.[HH].[O-]c1ccccc1.[Zr+2]. The van der Waals surface area contributed by atoms with Gasteiger partial charge < -0.3 is 10.5 Å². The predicted molar refractivity (Wildman–Crippen MR) is 132 cm³/mol. The molecule has 0 saturated carbocycles. The molecule has 0 saturated heterocycles. The zero-order chi connectivity index (χ0) is 22.8. The van der Waals surface area contributed by atoms with Crippen LogP contribution in [-0.2, 0) is 26.2 Å². The molecule has 0 fully saturated rings. The minimum Gasteiger partial charge on any atom is -0.872 e. The van der Waals surface area contributed by atoms with Crippen LogP contribution >= 0.6 is 8.22 Å². The van der Waals surface area contributed by atoms with Crippen molar-refractivity contribution in [2.75, 3.05) is 0 Å². The first kappa shape index (κ1) is 30.1. The van der Waals surface area contributed by atoms with E-state index >= 15 is 0 Å². The molecule has 0 unspecified atom stereocenters. The summed E-state index contributed by atoms with van der Waals surface area (Å²) in [6, 6.07) is 20.6. The fourth-order valence-corrected chi connectivity index (χ4v) is 6.25. The van der Waals surface area contributed by atoms with Crippen LogP contribution in [0.5, 0.6) is 5.75 Å². The van der Waals surface area contributed by atoms with Crippen LogP contribution in [0.1, 0.15) is 62.4 Å². The Labute approximate surface area is 212 Å². The Morgan fingerprint density at radius 3 is 1.52 bits per heavy atom. The number of hydrogen-bond acceptors (Lipinski definition) is 3. The van der Waals surface area contributed by atoms with Crippen LogP contribution in [0.3, 0.4) is 0 Å². The van der Waals surface area contributed by atoms with E-state index in [9.17, 15) is 10.5 Å². The molecule has 1 radical (unpaired) electrons. The van der Waals surface area contributed by atoms with Gasteiger partial charge >= 0.3 is 26.2 Å². The van der Waals surface area contributed by atoms with Crippen molar-refractivity contribution >= 4 is 13.7 Å². The second-order valence-electron chi connectivity index (χ2n) is 8.34. The molecule has 0 atom stereocenters. The quantitative estimate of drug-likeness (QED) is 0.301. The largest absolute Gasteiger partial charge is 2.00 e. The van der Waals surface area contributed by atoms with E-state index in [1.54, 1.807) is 12.1 Å². The summed E-state index contributed by atoms with van der Waals surface area (Å²) in [6.07, 6.45) is 0. The van der Waals surface area contributed by atoms with Gasteiger partial charge in [-0.1, -0.05) is 54.6 Å². The van der Waals surface area contributed by atoms with E-state index in [-0.39, 0.29) is 33.4 Å². The Bertz CT molecular complexity index is 709. The maximum absolute atomic E-state index is 11.1. The zero-order valence-corrected chi connectivity index (χ0v) is 23.6. The number of benzene rings is 2. The fraction of sp³-hybridized carbons (Fsp3) is 0.480. The van der Waals surface area contributed by atoms with Crippen molar-refractivity contribution in [3.63, 3.8) is 0 Å². The summed E-state index contributed by atoms with van der Waals surface area (Å²) < 4.78 is 4.87. The first-order valence-electron chi connectivity index (χ1n) is 10.7. The van der Waals surface area contributed by atoms with Crippen molar-refractivity contribution in [3.05, 3.63) is 71.6 Å². The Balaban J connectivity index is 0. The molecule has 0 spiro atoms. The van der Waals surface area contributed by atoms with Gasteiger partial charge in [-0.3, -0.25) is 9.34 Å². The minimum absolute atomic E-state index is 0. The molecule has 0 aromatic heterocycles. The van der Waals surface area contributed by atoms with Gasteiger partial charge in [0.25, 0.3) is 0 Å². The Morgan fingerprint density at radius 2 is 1.23 bits per heavy atom. The molecule has 2 rings (SSSR count). The third kappa shape index (κ3) is 9.66. The number of rotatable bonds is 8. The summed E-state index contributed by atoms with van der Waals surface area (Å²) in [5.41, 5.74) is 1.25. The molecule has 2 aromatic rings. The molecule has 0 N–H and O–H groups in total. The molecule has 0 aliphatic carbocycles. The third-order valence-electron chi connectivity index (χ3n) is 4.44. The van der Waals surface area contributed by atoms with Crippen LogP contribution in [0.15, 0.2) is 54.6 Å². The topological polar surface area (TPSA) is 51.8 Å². The van der Waals surface area contributed by atoms with Gasteiger partial charge in [-0.25, -0.2) is 0 Å². The van der Waals surface area contributed by atoms with Crippen LogP contribution in [0.2, 0.25) is 0 Å². The standard InChI is InChI=1S/C19H32N3P.C6H6O.Zr.H2/c1-14(2)21(15(3)4)23(22(16(5)6)17(7)8)19(20)18-12-10-9-11-13-18;7-6-4-2-1-3-5-6;;/h9-12,14-17H,1-8H3;1-5,7H;;1H/q-1;;+2;/p-1. The van der Waals surface area contributed by atoms with Crippen molar-refractivity contribution < 1.29 is 32.7 Å². The molecule has 4 nitrogen and oxygen atoms in total. The smallest absolute Gasteiger partial charge is 0.872 e. The van der Waals surface area contributed by atoms with Gasteiger partial charge in [0.1, 0.15) is 0 Å². The average molecular weight is 520 g/mol. The Hall–Kier alpha value is -0.857. The van der Waals surface area contributed by atoms with E-state index in [2.05, 4.69) is 70.8 Å². The van der Waals surface area contributed by atoms with Crippen molar-refractivity contribution in [2.24, 2.45) is 0 Å². The van der Waals surface area contributed by atoms with Gasteiger partial charge in [0.05, 0.1) is 0 Å². The predicted octanol–water partition coefficient (Wildman–Crippen LogP) is 6.36. The van der Waals surface area contributed by atoms with Crippen molar-refractivity contribution in [1.29, 1.82) is 0 Å². The normalized spacial score (nSPS) is 11.3. The molecular weight excluding hydrogens is 480 g/mol. The minimum atomic E-state index is -0.975. The van der Waals surface area contributed by atoms with E-state index in [1.807, 2.05) is 30.3 Å². The maximum atomic E-state index is 11.1. The first-order chi connectivity index (χ1) is 14.1. The summed E-state index contributed by atoms with van der Waals surface area (Å²) in [5, 5.41) is 21.4. The van der Waals surface area contributed by atoms with E-state index in [1.165, 1.54) is 12.1 Å². The van der Waals surface area contributed by atoms with Gasteiger partial charge in [0.2, 0.25) is 0 Å². The Kier molecular flexibility index (Phi) is 14.6. The summed E-state index contributed by atoms with van der Waals surface area (Å²) in [4.78, 5) is 0. The molecule has 2 aromatic carbocycles. The number of para-hydroxylation sites is 1. The van der Waals surface area contributed by atoms with Crippen LogP contribution in [-0.4, -0.2) is 39.0 Å². The summed E-state index contributed by atoms with van der Waals surface area (Å²) in [5.74, 6) is 0.0718. The average Bonchev–Trinajstić information content (AvgIpc) is 2.67. The van der Waals surface area contributed by atoms with Crippen LogP contribution in [0.4, 0.5) is 0 Å². The molecule has 0 aliphatic rings. The summed E-state index contributed by atoms with van der Waals surface area (Å²) in [7, 11) is -0.975. The van der Waals surface area contributed by atoms with Gasteiger partial charge in [0.15, 0.2) is 0 Å². The van der Waals surface area contributed by atoms with E-state index in [4.69, 9.17) is 0 Å². The van der Waals surface area contributed by atoms with Gasteiger partial charge in [-0.05, 0) is 67.0 Å². The summed E-state index contributed by atoms with van der Waals surface area (Å²) in [6.45, 7) is 17.6. The molecule has 31 heavy (non-hydrogen) atoms. The molecule has 0 amide bonds. The Morgan fingerprint density at radius 1 is 0.806 bits per heavy atom. The second kappa shape index (κ2) is 15.1. The van der Waals surface area contributed by atoms with Gasteiger partial charge in [-0.2, -0.15) is 0 Å². The van der Waals surface area contributed by atoms with Crippen LogP contribution in [0, 0.1) is 6.07 Å². The number of nitrogens with zero attached hydrogens (tertiary/aromatic N) is 3. The maximum Gasteiger partial charge on any atom is 2.00 e. The monoisotopic (exact) mass is 518 g/mol. The van der Waals surface area contributed by atoms with Crippen molar-refractivity contribution in [3.8, 4) is 5.75 Å². The molecule has 0 heterocycles. The molecule has 0 aliphatic heterocycles.